The lowest BCUT2D eigenvalue weighted by atomic mass is 10.2. The van der Waals surface area contributed by atoms with Crippen LogP contribution in [0.3, 0.4) is 0 Å². The maximum absolute atomic E-state index is 12.4. The number of carbonyl (C=O) groups is 2. The molecule has 2 aliphatic rings. The van der Waals surface area contributed by atoms with E-state index in [0.29, 0.717) is 30.2 Å². The van der Waals surface area contributed by atoms with Crippen LogP contribution in [0.5, 0.6) is 11.5 Å². The third-order valence-corrected chi connectivity index (χ3v) is 4.95. The molecule has 3 rings (SSSR count). The Balaban J connectivity index is 1.42. The summed E-state index contributed by atoms with van der Waals surface area (Å²) in [4.78, 5) is 26.9. The molecule has 2 N–H and O–H groups in total. The average Bonchev–Trinajstić information content (AvgIpc) is 3.50. The lowest BCUT2D eigenvalue weighted by Gasteiger charge is -2.26. The molecule has 0 spiro atoms. The van der Waals surface area contributed by atoms with Crippen molar-refractivity contribution in [2.45, 2.75) is 6.42 Å². The minimum Gasteiger partial charge on any atom is -0.493 e. The molecule has 2 unspecified atom stereocenters. The van der Waals surface area contributed by atoms with Gasteiger partial charge in [0.1, 0.15) is 0 Å². The number of nitrogens with zero attached hydrogens (tertiary/aromatic N) is 1. The summed E-state index contributed by atoms with van der Waals surface area (Å²) >= 11 is 0. The van der Waals surface area contributed by atoms with Crippen molar-refractivity contribution >= 4 is 17.5 Å². The molecule has 1 saturated carbocycles. The number of ether oxygens (including phenoxy) is 3. The molecule has 148 valence electrons. The van der Waals surface area contributed by atoms with Crippen molar-refractivity contribution in [1.29, 1.82) is 0 Å². The summed E-state index contributed by atoms with van der Waals surface area (Å²) < 4.78 is 15.7. The van der Waals surface area contributed by atoms with Crippen LogP contribution in [0.15, 0.2) is 18.2 Å². The number of anilines is 1. The Morgan fingerprint density at radius 3 is 2.52 bits per heavy atom. The van der Waals surface area contributed by atoms with Gasteiger partial charge in [-0.3, -0.25) is 14.5 Å². The second kappa shape index (κ2) is 9.05. The van der Waals surface area contributed by atoms with Gasteiger partial charge < -0.3 is 24.8 Å². The molecule has 1 aliphatic carbocycles. The monoisotopic (exact) mass is 377 g/mol. The zero-order valence-electron chi connectivity index (χ0n) is 15.8. The second-order valence-electron chi connectivity index (χ2n) is 6.75. The number of morpholine rings is 1. The highest BCUT2D eigenvalue weighted by atomic mass is 16.5. The van der Waals surface area contributed by atoms with E-state index in [1.807, 2.05) is 0 Å². The number of hydrogen-bond acceptors (Lipinski definition) is 6. The first kappa shape index (κ1) is 19.4. The van der Waals surface area contributed by atoms with Gasteiger partial charge in [0.15, 0.2) is 11.5 Å². The molecule has 1 heterocycles. The zero-order valence-corrected chi connectivity index (χ0v) is 15.8. The van der Waals surface area contributed by atoms with Crippen molar-refractivity contribution in [3.05, 3.63) is 18.2 Å². The van der Waals surface area contributed by atoms with Gasteiger partial charge in [-0.05, 0) is 18.6 Å². The number of benzene rings is 1. The molecule has 8 nitrogen and oxygen atoms in total. The number of methoxy groups -OCH3 is 2. The summed E-state index contributed by atoms with van der Waals surface area (Å²) in [6.07, 6.45) is 0.586. The summed E-state index contributed by atoms with van der Waals surface area (Å²) in [6, 6.07) is 5.19. The highest BCUT2D eigenvalue weighted by molar-refractivity contribution is 5.99. The first-order valence-corrected chi connectivity index (χ1v) is 9.23. The van der Waals surface area contributed by atoms with Crippen LogP contribution in [0.25, 0.3) is 0 Å². The fourth-order valence-corrected chi connectivity index (χ4v) is 3.22. The number of hydrogen-bond donors (Lipinski definition) is 2. The van der Waals surface area contributed by atoms with Crippen LogP contribution in [0, 0.1) is 11.8 Å². The Morgan fingerprint density at radius 1 is 1.11 bits per heavy atom. The highest BCUT2D eigenvalue weighted by Crippen LogP contribution is 2.40. The van der Waals surface area contributed by atoms with Crippen LogP contribution >= 0.6 is 0 Å². The maximum atomic E-state index is 12.4. The van der Waals surface area contributed by atoms with Crippen molar-refractivity contribution < 1.29 is 23.8 Å². The SMILES string of the molecule is COc1ccc(NC(=O)C2CC2C(=O)NCCN2CCOCC2)cc1OC. The summed E-state index contributed by atoms with van der Waals surface area (Å²) in [5.74, 6) is 0.436. The van der Waals surface area contributed by atoms with Gasteiger partial charge in [0.25, 0.3) is 0 Å². The molecule has 8 heteroatoms. The third kappa shape index (κ3) is 5.11. The molecule has 2 atom stereocenters. The molecule has 1 aromatic rings. The molecule has 2 amide bonds. The third-order valence-electron chi connectivity index (χ3n) is 4.95. The fraction of sp³-hybridized carbons (Fsp3) is 0.579. The van der Waals surface area contributed by atoms with Crippen LogP contribution in [0.1, 0.15) is 6.42 Å². The Morgan fingerprint density at radius 2 is 1.81 bits per heavy atom. The van der Waals surface area contributed by atoms with Crippen molar-refractivity contribution in [1.82, 2.24) is 10.2 Å². The maximum Gasteiger partial charge on any atom is 0.228 e. The van der Waals surface area contributed by atoms with E-state index in [0.717, 1.165) is 32.8 Å². The molecule has 1 aromatic carbocycles. The summed E-state index contributed by atoms with van der Waals surface area (Å²) in [5, 5.41) is 5.78. The van der Waals surface area contributed by atoms with Crippen LogP contribution in [0.2, 0.25) is 0 Å². The van der Waals surface area contributed by atoms with Crippen molar-refractivity contribution in [2.24, 2.45) is 11.8 Å². The lowest BCUT2D eigenvalue weighted by molar-refractivity contribution is -0.125. The summed E-state index contributed by atoms with van der Waals surface area (Å²) in [7, 11) is 3.10. The summed E-state index contributed by atoms with van der Waals surface area (Å²) in [5.41, 5.74) is 0.621. The molecule has 1 aliphatic heterocycles. The Hall–Kier alpha value is -2.32. The Labute approximate surface area is 159 Å². The molecule has 0 bridgehead atoms. The van der Waals surface area contributed by atoms with Crippen molar-refractivity contribution in [3.8, 4) is 11.5 Å². The van der Waals surface area contributed by atoms with E-state index >= 15 is 0 Å². The molecule has 27 heavy (non-hydrogen) atoms. The fourth-order valence-electron chi connectivity index (χ4n) is 3.22. The van der Waals surface area contributed by atoms with Gasteiger partial charge in [0, 0.05) is 37.9 Å². The largest absolute Gasteiger partial charge is 0.493 e. The van der Waals surface area contributed by atoms with Gasteiger partial charge in [0.05, 0.1) is 39.3 Å². The zero-order chi connectivity index (χ0) is 19.2. The van der Waals surface area contributed by atoms with Crippen LogP contribution < -0.4 is 20.1 Å². The number of amides is 2. The minimum absolute atomic E-state index is 0.0456. The normalized spacial score (nSPS) is 22.0. The highest BCUT2D eigenvalue weighted by Gasteiger charge is 2.47. The topological polar surface area (TPSA) is 89.1 Å². The lowest BCUT2D eigenvalue weighted by Crippen LogP contribution is -2.41. The molecular formula is C19H27N3O5. The first-order chi connectivity index (χ1) is 13.1. The summed E-state index contributed by atoms with van der Waals surface area (Å²) in [6.45, 7) is 4.69. The standard InChI is InChI=1S/C19H27N3O5/c1-25-16-4-3-13(11-17(16)26-2)21-19(24)15-12-14(15)18(23)20-5-6-22-7-9-27-10-8-22/h3-4,11,14-15H,5-10,12H2,1-2H3,(H,20,23)(H,21,24). The van der Waals surface area contributed by atoms with Gasteiger partial charge in [-0.2, -0.15) is 0 Å². The molecular weight excluding hydrogens is 350 g/mol. The quantitative estimate of drug-likeness (QED) is 0.694. The number of carbonyl (C=O) groups excluding carboxylic acids is 2. The van der Waals surface area contributed by atoms with Gasteiger partial charge in [-0.15, -0.1) is 0 Å². The predicted octanol–water partition coefficient (Wildman–Crippen LogP) is 0.727. The van der Waals surface area contributed by atoms with E-state index in [2.05, 4.69) is 15.5 Å². The van der Waals surface area contributed by atoms with Gasteiger partial charge in [-0.1, -0.05) is 0 Å². The van der Waals surface area contributed by atoms with Gasteiger partial charge >= 0.3 is 0 Å². The molecule has 0 radical (unpaired) electrons. The second-order valence-corrected chi connectivity index (χ2v) is 6.75. The first-order valence-electron chi connectivity index (χ1n) is 9.23. The predicted molar refractivity (Wildman–Crippen MR) is 100 cm³/mol. The van der Waals surface area contributed by atoms with E-state index in [1.165, 1.54) is 0 Å². The van der Waals surface area contributed by atoms with Gasteiger partial charge in [-0.25, -0.2) is 0 Å². The van der Waals surface area contributed by atoms with Crippen LogP contribution in [-0.4, -0.2) is 70.3 Å². The van der Waals surface area contributed by atoms with E-state index in [-0.39, 0.29) is 23.7 Å². The molecule has 0 aromatic heterocycles. The van der Waals surface area contributed by atoms with Crippen molar-refractivity contribution in [2.75, 3.05) is 58.9 Å². The minimum atomic E-state index is -0.276. The Kier molecular flexibility index (Phi) is 6.52. The van der Waals surface area contributed by atoms with E-state index in [9.17, 15) is 9.59 Å². The van der Waals surface area contributed by atoms with Crippen LogP contribution in [-0.2, 0) is 14.3 Å². The van der Waals surface area contributed by atoms with Gasteiger partial charge in [0.2, 0.25) is 11.8 Å². The number of nitrogens with one attached hydrogen (secondary N) is 2. The smallest absolute Gasteiger partial charge is 0.228 e. The Bertz CT molecular complexity index is 675. The average molecular weight is 377 g/mol. The number of rotatable bonds is 8. The van der Waals surface area contributed by atoms with E-state index in [1.54, 1.807) is 32.4 Å². The van der Waals surface area contributed by atoms with Crippen LogP contribution in [0.4, 0.5) is 5.69 Å². The van der Waals surface area contributed by atoms with E-state index < -0.39 is 0 Å². The van der Waals surface area contributed by atoms with Crippen molar-refractivity contribution in [3.63, 3.8) is 0 Å². The molecule has 2 fully saturated rings. The van der Waals surface area contributed by atoms with E-state index in [4.69, 9.17) is 14.2 Å². The molecule has 1 saturated heterocycles.